The summed E-state index contributed by atoms with van der Waals surface area (Å²) >= 11 is 0. The number of rotatable bonds is 7. The standard InChI is InChI=1S/C24H32N2O3/c1-18(2)22(26-15-14-21(27)16-26)17-25(3)23(28)24(29,19-10-6-4-7-11-19)20-12-8-5-9-13-20/h4-13,18,21-22,27,29H,14-17H2,1-3H3/t21-,22?/m0/s1. The second-order valence-corrected chi connectivity index (χ2v) is 8.38. The highest BCUT2D eigenvalue weighted by Gasteiger charge is 2.42. The minimum atomic E-state index is -1.75. The molecule has 29 heavy (non-hydrogen) atoms. The number of benzene rings is 2. The van der Waals surface area contributed by atoms with Crippen molar-refractivity contribution in [1.29, 1.82) is 0 Å². The molecule has 5 nitrogen and oxygen atoms in total. The zero-order chi connectivity index (χ0) is 21.0. The van der Waals surface area contributed by atoms with Gasteiger partial charge in [-0.2, -0.15) is 0 Å². The predicted octanol–water partition coefficient (Wildman–Crippen LogP) is 2.47. The number of likely N-dealkylation sites (N-methyl/N-ethyl adjacent to an activating group) is 1. The Hall–Kier alpha value is -2.21. The van der Waals surface area contributed by atoms with Gasteiger partial charge in [0.2, 0.25) is 0 Å². The first-order chi connectivity index (χ1) is 13.8. The van der Waals surface area contributed by atoms with Gasteiger partial charge in [0.1, 0.15) is 0 Å². The molecule has 0 aliphatic carbocycles. The van der Waals surface area contributed by atoms with Crippen LogP contribution in [0.1, 0.15) is 31.4 Å². The molecular formula is C24H32N2O3. The molecule has 0 bridgehead atoms. The summed E-state index contributed by atoms with van der Waals surface area (Å²) in [5.74, 6) is -0.0302. The summed E-state index contributed by atoms with van der Waals surface area (Å²) in [6.45, 7) is 6.22. The van der Waals surface area contributed by atoms with Crippen LogP contribution in [0.25, 0.3) is 0 Å². The van der Waals surface area contributed by atoms with Gasteiger partial charge < -0.3 is 15.1 Å². The van der Waals surface area contributed by atoms with E-state index in [0.29, 0.717) is 30.1 Å². The van der Waals surface area contributed by atoms with Crippen molar-refractivity contribution in [2.75, 3.05) is 26.7 Å². The summed E-state index contributed by atoms with van der Waals surface area (Å²) in [6.07, 6.45) is 0.460. The molecule has 1 aliphatic heterocycles. The Labute approximate surface area is 173 Å². The molecule has 1 amide bonds. The van der Waals surface area contributed by atoms with E-state index in [0.717, 1.165) is 13.0 Å². The van der Waals surface area contributed by atoms with Crippen LogP contribution in [0.2, 0.25) is 0 Å². The molecule has 0 aromatic heterocycles. The third kappa shape index (κ3) is 4.53. The normalized spacial score (nSPS) is 18.8. The van der Waals surface area contributed by atoms with Gasteiger partial charge in [0, 0.05) is 32.7 Å². The largest absolute Gasteiger partial charge is 0.392 e. The monoisotopic (exact) mass is 396 g/mol. The summed E-state index contributed by atoms with van der Waals surface area (Å²) in [7, 11) is 1.75. The molecule has 0 radical (unpaired) electrons. The number of nitrogens with zero attached hydrogens (tertiary/aromatic N) is 2. The summed E-state index contributed by atoms with van der Waals surface area (Å²) < 4.78 is 0. The van der Waals surface area contributed by atoms with Gasteiger partial charge in [0.05, 0.1) is 6.10 Å². The highest BCUT2D eigenvalue weighted by molar-refractivity contribution is 5.90. The van der Waals surface area contributed by atoms with Gasteiger partial charge in [-0.25, -0.2) is 0 Å². The van der Waals surface area contributed by atoms with E-state index in [-0.39, 0.29) is 18.1 Å². The molecule has 156 valence electrons. The van der Waals surface area contributed by atoms with Crippen LogP contribution in [0.15, 0.2) is 60.7 Å². The van der Waals surface area contributed by atoms with Crippen LogP contribution in [0.3, 0.4) is 0 Å². The Bertz CT molecular complexity index is 755. The van der Waals surface area contributed by atoms with Crippen molar-refractivity contribution in [3.05, 3.63) is 71.8 Å². The Morgan fingerprint density at radius 3 is 2.03 bits per heavy atom. The fourth-order valence-electron chi connectivity index (χ4n) is 4.23. The zero-order valence-corrected chi connectivity index (χ0v) is 17.5. The third-order valence-electron chi connectivity index (χ3n) is 5.93. The molecule has 1 fully saturated rings. The number of carbonyl (C=O) groups is 1. The average molecular weight is 397 g/mol. The van der Waals surface area contributed by atoms with Gasteiger partial charge >= 0.3 is 0 Å². The Balaban J connectivity index is 1.89. The fourth-order valence-corrected chi connectivity index (χ4v) is 4.23. The topological polar surface area (TPSA) is 64.0 Å². The smallest absolute Gasteiger partial charge is 0.263 e. The molecule has 5 heteroatoms. The Kier molecular flexibility index (Phi) is 6.73. The van der Waals surface area contributed by atoms with Crippen molar-refractivity contribution in [3.8, 4) is 0 Å². The first-order valence-corrected chi connectivity index (χ1v) is 10.3. The maximum atomic E-state index is 13.6. The fraction of sp³-hybridized carbons (Fsp3) is 0.458. The lowest BCUT2D eigenvalue weighted by Gasteiger charge is -2.37. The van der Waals surface area contributed by atoms with Crippen LogP contribution in [0.5, 0.6) is 0 Å². The molecule has 2 aromatic rings. The maximum absolute atomic E-state index is 13.6. The summed E-state index contributed by atoms with van der Waals surface area (Å²) in [6, 6.07) is 18.3. The van der Waals surface area contributed by atoms with Gasteiger partial charge in [-0.15, -0.1) is 0 Å². The highest BCUT2D eigenvalue weighted by atomic mass is 16.3. The molecule has 0 spiro atoms. The van der Waals surface area contributed by atoms with Crippen LogP contribution < -0.4 is 0 Å². The van der Waals surface area contributed by atoms with Crippen molar-refractivity contribution in [2.45, 2.75) is 38.0 Å². The first kappa shape index (κ1) is 21.5. The van der Waals surface area contributed by atoms with Crippen molar-refractivity contribution in [2.24, 2.45) is 5.92 Å². The van der Waals surface area contributed by atoms with Crippen LogP contribution in [-0.4, -0.2) is 64.7 Å². The lowest BCUT2D eigenvalue weighted by Crippen LogP contribution is -2.52. The SMILES string of the molecule is CC(C)C(CN(C)C(=O)C(O)(c1ccccc1)c1ccccc1)N1CC[C@H](O)C1. The van der Waals surface area contributed by atoms with E-state index < -0.39 is 5.60 Å². The number of hydrogen-bond acceptors (Lipinski definition) is 4. The van der Waals surface area contributed by atoms with Crippen molar-refractivity contribution < 1.29 is 15.0 Å². The molecule has 2 N–H and O–H groups in total. The molecule has 1 saturated heterocycles. The molecular weight excluding hydrogens is 364 g/mol. The average Bonchev–Trinajstić information content (AvgIpc) is 3.17. The third-order valence-corrected chi connectivity index (χ3v) is 5.93. The van der Waals surface area contributed by atoms with Gasteiger partial charge in [-0.3, -0.25) is 9.69 Å². The van der Waals surface area contributed by atoms with Crippen LogP contribution >= 0.6 is 0 Å². The number of likely N-dealkylation sites (tertiary alicyclic amines) is 1. The van der Waals surface area contributed by atoms with Gasteiger partial charge in [0.15, 0.2) is 5.60 Å². The maximum Gasteiger partial charge on any atom is 0.263 e. The number of aliphatic hydroxyl groups excluding tert-OH is 1. The molecule has 2 aromatic carbocycles. The van der Waals surface area contributed by atoms with Gasteiger partial charge in [-0.1, -0.05) is 74.5 Å². The van der Waals surface area contributed by atoms with E-state index in [1.807, 2.05) is 36.4 Å². The van der Waals surface area contributed by atoms with Gasteiger partial charge in [-0.05, 0) is 23.5 Å². The zero-order valence-electron chi connectivity index (χ0n) is 17.5. The Morgan fingerprint density at radius 1 is 1.10 bits per heavy atom. The number of β-amino-alcohol motifs (C(OH)–C–C–N with tert-alkyl or cyclic N) is 1. The molecule has 1 unspecified atom stereocenters. The van der Waals surface area contributed by atoms with E-state index in [9.17, 15) is 15.0 Å². The lowest BCUT2D eigenvalue weighted by atomic mass is 9.85. The predicted molar refractivity (Wildman–Crippen MR) is 114 cm³/mol. The number of hydrogen-bond donors (Lipinski definition) is 2. The van der Waals surface area contributed by atoms with Crippen LogP contribution in [-0.2, 0) is 10.4 Å². The van der Waals surface area contributed by atoms with E-state index in [1.54, 1.807) is 36.2 Å². The summed E-state index contributed by atoms with van der Waals surface area (Å²) in [5, 5.41) is 21.6. The molecule has 1 aliphatic rings. The second kappa shape index (κ2) is 9.08. The minimum Gasteiger partial charge on any atom is -0.392 e. The van der Waals surface area contributed by atoms with Crippen molar-refractivity contribution >= 4 is 5.91 Å². The second-order valence-electron chi connectivity index (χ2n) is 8.38. The molecule has 2 atom stereocenters. The minimum absolute atomic E-state index is 0.122. The van der Waals surface area contributed by atoms with E-state index in [4.69, 9.17) is 0 Å². The number of aliphatic hydroxyl groups is 2. The highest BCUT2D eigenvalue weighted by Crippen LogP contribution is 2.32. The summed E-state index contributed by atoms with van der Waals surface area (Å²) in [5.41, 5.74) is -0.634. The van der Waals surface area contributed by atoms with Crippen LogP contribution in [0, 0.1) is 5.92 Å². The van der Waals surface area contributed by atoms with Crippen LogP contribution in [0.4, 0.5) is 0 Å². The van der Waals surface area contributed by atoms with Crippen molar-refractivity contribution in [1.82, 2.24) is 9.80 Å². The molecule has 3 rings (SSSR count). The van der Waals surface area contributed by atoms with E-state index >= 15 is 0 Å². The van der Waals surface area contributed by atoms with Crippen molar-refractivity contribution in [3.63, 3.8) is 0 Å². The number of carbonyl (C=O) groups excluding carboxylic acids is 1. The quantitative estimate of drug-likeness (QED) is 0.755. The number of amides is 1. The molecule has 1 heterocycles. The lowest BCUT2D eigenvalue weighted by molar-refractivity contribution is -0.147. The van der Waals surface area contributed by atoms with E-state index in [1.165, 1.54) is 0 Å². The van der Waals surface area contributed by atoms with E-state index in [2.05, 4.69) is 18.7 Å². The molecule has 0 saturated carbocycles. The first-order valence-electron chi connectivity index (χ1n) is 10.3. The summed E-state index contributed by atoms with van der Waals surface area (Å²) in [4.78, 5) is 17.5. The Morgan fingerprint density at radius 2 is 1.62 bits per heavy atom. The van der Waals surface area contributed by atoms with Gasteiger partial charge in [0.25, 0.3) is 5.91 Å².